The van der Waals surface area contributed by atoms with Gasteiger partial charge in [-0.05, 0) is 55.7 Å². The van der Waals surface area contributed by atoms with Gasteiger partial charge < -0.3 is 20.1 Å². The van der Waals surface area contributed by atoms with Gasteiger partial charge in [0.1, 0.15) is 0 Å². The first-order valence-corrected chi connectivity index (χ1v) is 10.4. The van der Waals surface area contributed by atoms with Gasteiger partial charge >= 0.3 is 11.8 Å². The number of anilines is 1. The fourth-order valence-electron chi connectivity index (χ4n) is 2.58. The lowest BCUT2D eigenvalue weighted by atomic mass is 10.2. The first-order valence-electron chi connectivity index (χ1n) is 10.0. The van der Waals surface area contributed by atoms with E-state index in [0.29, 0.717) is 34.4 Å². The molecule has 0 bridgehead atoms. The van der Waals surface area contributed by atoms with Crippen LogP contribution >= 0.6 is 11.6 Å². The third-order valence-electron chi connectivity index (χ3n) is 4.27. The van der Waals surface area contributed by atoms with Gasteiger partial charge in [-0.2, -0.15) is 5.10 Å². The number of hydrogen-bond donors (Lipinski definition) is 3. The van der Waals surface area contributed by atoms with Crippen LogP contribution in [0, 0.1) is 0 Å². The number of amides is 3. The fourth-order valence-corrected chi connectivity index (χ4v) is 2.76. The van der Waals surface area contributed by atoms with Crippen LogP contribution < -0.4 is 25.5 Å². The Morgan fingerprint density at radius 3 is 2.59 bits per heavy atom. The molecule has 0 unspecified atom stereocenters. The van der Waals surface area contributed by atoms with Crippen LogP contribution in [0.5, 0.6) is 11.5 Å². The highest BCUT2D eigenvalue weighted by atomic mass is 35.5. The summed E-state index contributed by atoms with van der Waals surface area (Å²) in [6, 6.07) is 11.9. The molecule has 9 nitrogen and oxygen atoms in total. The van der Waals surface area contributed by atoms with Gasteiger partial charge in [-0.3, -0.25) is 14.4 Å². The lowest BCUT2D eigenvalue weighted by Gasteiger charge is -2.13. The second-order valence-corrected chi connectivity index (χ2v) is 7.31. The smallest absolute Gasteiger partial charge is 0.329 e. The van der Waals surface area contributed by atoms with Crippen molar-refractivity contribution in [2.24, 2.45) is 5.10 Å². The zero-order valence-electron chi connectivity index (χ0n) is 17.4. The number of carbonyl (C=O) groups is 3. The highest BCUT2D eigenvalue weighted by molar-refractivity contribution is 6.35. The molecule has 2 aromatic carbocycles. The maximum Gasteiger partial charge on any atom is 0.329 e. The van der Waals surface area contributed by atoms with Gasteiger partial charge in [0, 0.05) is 6.04 Å². The molecule has 1 fully saturated rings. The Bertz CT molecular complexity index is 1020. The topological polar surface area (TPSA) is 118 Å². The lowest BCUT2D eigenvalue weighted by molar-refractivity contribution is -0.139. The van der Waals surface area contributed by atoms with Crippen molar-refractivity contribution in [2.45, 2.75) is 25.8 Å². The van der Waals surface area contributed by atoms with E-state index in [1.54, 1.807) is 42.5 Å². The number of para-hydroxylation sites is 1. The molecule has 2 aromatic rings. The number of hydrogen-bond acceptors (Lipinski definition) is 6. The summed E-state index contributed by atoms with van der Waals surface area (Å²) in [7, 11) is 0. The average Bonchev–Trinajstić information content (AvgIpc) is 3.59. The minimum Gasteiger partial charge on any atom is -0.490 e. The van der Waals surface area contributed by atoms with Crippen molar-refractivity contribution >= 4 is 41.2 Å². The summed E-state index contributed by atoms with van der Waals surface area (Å²) in [6.07, 6.45) is 3.15. The van der Waals surface area contributed by atoms with Crippen molar-refractivity contribution in [2.75, 3.05) is 18.5 Å². The molecule has 1 saturated carbocycles. The molecule has 1 aliphatic rings. The minimum atomic E-state index is -0.831. The normalized spacial score (nSPS) is 12.8. The molecular weight excluding hydrogens is 436 g/mol. The van der Waals surface area contributed by atoms with E-state index in [9.17, 15) is 14.4 Å². The second kappa shape index (κ2) is 11.1. The van der Waals surface area contributed by atoms with E-state index in [-0.39, 0.29) is 18.6 Å². The molecule has 10 heteroatoms. The standard InChI is InChI=1S/C22H23ClN4O5/c1-2-31-19-11-14(12-24-27-22(30)21(29)25-15-8-9-15)7-10-18(19)32-13-20(28)26-17-6-4-3-5-16(17)23/h3-7,10-12,15H,2,8-9,13H2,1H3,(H,25,29)(H,26,28)(H,27,30)/b24-12-. The van der Waals surface area contributed by atoms with E-state index in [1.807, 2.05) is 6.92 Å². The van der Waals surface area contributed by atoms with Crippen LogP contribution in [-0.4, -0.2) is 43.2 Å². The monoisotopic (exact) mass is 458 g/mol. The summed E-state index contributed by atoms with van der Waals surface area (Å²) in [4.78, 5) is 35.5. The van der Waals surface area contributed by atoms with Crippen molar-refractivity contribution in [1.82, 2.24) is 10.7 Å². The van der Waals surface area contributed by atoms with E-state index in [2.05, 4.69) is 21.2 Å². The van der Waals surface area contributed by atoms with Gasteiger partial charge in [-0.15, -0.1) is 0 Å². The molecule has 0 heterocycles. The summed E-state index contributed by atoms with van der Waals surface area (Å²) >= 11 is 6.04. The number of nitrogens with one attached hydrogen (secondary N) is 3. The van der Waals surface area contributed by atoms with Crippen LogP contribution in [0.1, 0.15) is 25.3 Å². The number of benzene rings is 2. The van der Waals surface area contributed by atoms with Crippen molar-refractivity contribution in [3.8, 4) is 11.5 Å². The highest BCUT2D eigenvalue weighted by Gasteiger charge is 2.26. The maximum atomic E-state index is 12.2. The van der Waals surface area contributed by atoms with Crippen LogP contribution in [0.2, 0.25) is 5.02 Å². The van der Waals surface area contributed by atoms with E-state index in [0.717, 1.165) is 12.8 Å². The van der Waals surface area contributed by atoms with Gasteiger partial charge in [0.25, 0.3) is 5.91 Å². The molecule has 3 rings (SSSR count). The van der Waals surface area contributed by atoms with Gasteiger partial charge in [0.05, 0.1) is 23.5 Å². The van der Waals surface area contributed by atoms with Crippen LogP contribution in [0.4, 0.5) is 5.69 Å². The van der Waals surface area contributed by atoms with Gasteiger partial charge in [-0.1, -0.05) is 23.7 Å². The summed E-state index contributed by atoms with van der Waals surface area (Å²) in [5, 5.41) is 9.47. The largest absolute Gasteiger partial charge is 0.490 e. The van der Waals surface area contributed by atoms with E-state index in [1.165, 1.54) is 6.21 Å². The zero-order valence-corrected chi connectivity index (χ0v) is 18.1. The third-order valence-corrected chi connectivity index (χ3v) is 4.60. The first kappa shape index (κ1) is 23.1. The summed E-state index contributed by atoms with van der Waals surface area (Å²) < 4.78 is 11.2. The quantitative estimate of drug-likeness (QED) is 0.303. The van der Waals surface area contributed by atoms with Gasteiger partial charge in [-0.25, -0.2) is 5.43 Å². The number of rotatable bonds is 9. The summed E-state index contributed by atoms with van der Waals surface area (Å²) in [5.41, 5.74) is 3.27. The lowest BCUT2D eigenvalue weighted by Crippen LogP contribution is -2.38. The Kier molecular flexibility index (Phi) is 8.04. The minimum absolute atomic E-state index is 0.0882. The number of halogens is 1. The maximum absolute atomic E-state index is 12.2. The Balaban J connectivity index is 1.56. The van der Waals surface area contributed by atoms with Crippen LogP contribution in [0.15, 0.2) is 47.6 Å². The third kappa shape index (κ3) is 6.98. The molecule has 3 amide bonds. The Morgan fingerprint density at radius 1 is 1.09 bits per heavy atom. The molecule has 1 aliphatic carbocycles. The van der Waals surface area contributed by atoms with E-state index in [4.69, 9.17) is 21.1 Å². The Labute approximate surface area is 190 Å². The predicted octanol–water partition coefficient (Wildman–Crippen LogP) is 2.48. The molecular formula is C22H23ClN4O5. The molecule has 0 aliphatic heterocycles. The molecule has 0 aromatic heterocycles. The van der Waals surface area contributed by atoms with E-state index < -0.39 is 11.8 Å². The molecule has 32 heavy (non-hydrogen) atoms. The molecule has 3 N–H and O–H groups in total. The molecule has 168 valence electrons. The number of hydrazone groups is 1. The average molecular weight is 459 g/mol. The molecule has 0 atom stereocenters. The van der Waals surface area contributed by atoms with Crippen LogP contribution in [0.25, 0.3) is 0 Å². The van der Waals surface area contributed by atoms with Crippen molar-refractivity contribution in [1.29, 1.82) is 0 Å². The van der Waals surface area contributed by atoms with Gasteiger partial charge in [0.2, 0.25) is 0 Å². The summed E-state index contributed by atoms with van der Waals surface area (Å²) in [5.74, 6) is -1.15. The second-order valence-electron chi connectivity index (χ2n) is 6.90. The molecule has 0 saturated heterocycles. The van der Waals surface area contributed by atoms with Crippen LogP contribution in [-0.2, 0) is 14.4 Å². The number of ether oxygens (including phenoxy) is 2. The summed E-state index contributed by atoms with van der Waals surface area (Å²) in [6.45, 7) is 1.94. The number of carbonyl (C=O) groups excluding carboxylic acids is 3. The highest BCUT2D eigenvalue weighted by Crippen LogP contribution is 2.28. The van der Waals surface area contributed by atoms with Crippen molar-refractivity contribution in [3.05, 3.63) is 53.1 Å². The molecule has 0 spiro atoms. The zero-order chi connectivity index (χ0) is 22.9. The fraction of sp³-hybridized carbons (Fsp3) is 0.273. The number of nitrogens with zero attached hydrogens (tertiary/aromatic N) is 1. The predicted molar refractivity (Wildman–Crippen MR) is 120 cm³/mol. The van der Waals surface area contributed by atoms with Crippen LogP contribution in [0.3, 0.4) is 0 Å². The van der Waals surface area contributed by atoms with Crippen molar-refractivity contribution < 1.29 is 23.9 Å². The first-order chi connectivity index (χ1) is 15.5. The van der Waals surface area contributed by atoms with Gasteiger partial charge in [0.15, 0.2) is 18.1 Å². The van der Waals surface area contributed by atoms with E-state index >= 15 is 0 Å². The Morgan fingerprint density at radius 2 is 1.88 bits per heavy atom. The molecule has 0 radical (unpaired) electrons. The van der Waals surface area contributed by atoms with Crippen molar-refractivity contribution in [3.63, 3.8) is 0 Å². The SMILES string of the molecule is CCOc1cc(/C=N\NC(=O)C(=O)NC2CC2)ccc1OCC(=O)Nc1ccccc1Cl. The Hall–Kier alpha value is -3.59.